The minimum Gasteiger partial charge on any atom is -0.377 e. The largest absolute Gasteiger partial charge is 0.377 e. The first kappa shape index (κ1) is 11.0. The average molecular weight is 185 g/mol. The molecule has 2 heteroatoms. The van der Waals surface area contributed by atoms with E-state index in [1.807, 2.05) is 6.92 Å². The highest BCUT2D eigenvalue weighted by molar-refractivity contribution is 4.78. The molecule has 3 unspecified atom stereocenters. The van der Waals surface area contributed by atoms with Crippen LogP contribution in [0.15, 0.2) is 0 Å². The standard InChI is InChI=1S/C11H23NO/c1-4-13-10(3)8-12-11-6-5-9(2)7-11/h9-12H,4-8H2,1-3H3. The van der Waals surface area contributed by atoms with Crippen LogP contribution in [0.25, 0.3) is 0 Å². The first-order chi connectivity index (χ1) is 6.22. The van der Waals surface area contributed by atoms with Crippen molar-refractivity contribution in [3.63, 3.8) is 0 Å². The Balaban J connectivity index is 2.05. The first-order valence-electron chi connectivity index (χ1n) is 5.57. The number of ether oxygens (including phenoxy) is 1. The molecule has 1 saturated carbocycles. The quantitative estimate of drug-likeness (QED) is 0.709. The molecule has 2 nitrogen and oxygen atoms in total. The van der Waals surface area contributed by atoms with Gasteiger partial charge in [-0.2, -0.15) is 0 Å². The lowest BCUT2D eigenvalue weighted by Crippen LogP contribution is -2.34. The molecule has 78 valence electrons. The van der Waals surface area contributed by atoms with Crippen molar-refractivity contribution in [1.29, 1.82) is 0 Å². The summed E-state index contributed by atoms with van der Waals surface area (Å²) < 4.78 is 5.47. The van der Waals surface area contributed by atoms with Crippen LogP contribution in [-0.2, 0) is 4.74 Å². The maximum atomic E-state index is 5.47. The van der Waals surface area contributed by atoms with Crippen LogP contribution in [-0.4, -0.2) is 25.3 Å². The molecule has 3 atom stereocenters. The van der Waals surface area contributed by atoms with E-state index in [1.54, 1.807) is 0 Å². The summed E-state index contributed by atoms with van der Waals surface area (Å²) in [6, 6.07) is 0.748. The van der Waals surface area contributed by atoms with Gasteiger partial charge in [-0.25, -0.2) is 0 Å². The normalized spacial score (nSPS) is 30.7. The van der Waals surface area contributed by atoms with Crippen molar-refractivity contribution in [2.45, 2.75) is 52.2 Å². The predicted octanol–water partition coefficient (Wildman–Crippen LogP) is 2.19. The Bertz CT molecular complexity index is 138. The monoisotopic (exact) mass is 185 g/mol. The van der Waals surface area contributed by atoms with Crippen LogP contribution < -0.4 is 5.32 Å². The fourth-order valence-electron chi connectivity index (χ4n) is 2.07. The molecule has 1 N–H and O–H groups in total. The second-order valence-electron chi connectivity index (χ2n) is 4.29. The van der Waals surface area contributed by atoms with Crippen molar-refractivity contribution in [1.82, 2.24) is 5.32 Å². The van der Waals surface area contributed by atoms with Gasteiger partial charge >= 0.3 is 0 Å². The zero-order chi connectivity index (χ0) is 9.68. The summed E-state index contributed by atoms with van der Waals surface area (Å²) >= 11 is 0. The van der Waals surface area contributed by atoms with Crippen LogP contribution >= 0.6 is 0 Å². The molecular formula is C11H23NO. The molecule has 1 rings (SSSR count). The lowest BCUT2D eigenvalue weighted by molar-refractivity contribution is 0.0740. The highest BCUT2D eigenvalue weighted by Gasteiger charge is 2.20. The highest BCUT2D eigenvalue weighted by atomic mass is 16.5. The maximum Gasteiger partial charge on any atom is 0.0671 e. The third-order valence-corrected chi connectivity index (χ3v) is 2.84. The van der Waals surface area contributed by atoms with Crippen molar-refractivity contribution in [2.24, 2.45) is 5.92 Å². The van der Waals surface area contributed by atoms with Gasteiger partial charge in [0.1, 0.15) is 0 Å². The van der Waals surface area contributed by atoms with Crippen molar-refractivity contribution >= 4 is 0 Å². The van der Waals surface area contributed by atoms with Gasteiger partial charge in [0.2, 0.25) is 0 Å². The first-order valence-corrected chi connectivity index (χ1v) is 5.57. The molecule has 0 bridgehead atoms. The molecule has 0 aromatic carbocycles. The second-order valence-corrected chi connectivity index (χ2v) is 4.29. The van der Waals surface area contributed by atoms with Gasteiger partial charge in [-0.3, -0.25) is 0 Å². The summed E-state index contributed by atoms with van der Waals surface area (Å²) in [6.45, 7) is 8.35. The lowest BCUT2D eigenvalue weighted by atomic mass is 10.1. The van der Waals surface area contributed by atoms with Crippen molar-refractivity contribution in [3.05, 3.63) is 0 Å². The Morgan fingerprint density at radius 2 is 2.23 bits per heavy atom. The van der Waals surface area contributed by atoms with Gasteiger partial charge in [0.15, 0.2) is 0 Å². The van der Waals surface area contributed by atoms with Crippen molar-refractivity contribution in [3.8, 4) is 0 Å². The average Bonchev–Trinajstić information content (AvgIpc) is 2.49. The topological polar surface area (TPSA) is 21.3 Å². The summed E-state index contributed by atoms with van der Waals surface area (Å²) in [4.78, 5) is 0. The number of hydrogen-bond donors (Lipinski definition) is 1. The molecule has 0 aliphatic heterocycles. The highest BCUT2D eigenvalue weighted by Crippen LogP contribution is 2.24. The fourth-order valence-corrected chi connectivity index (χ4v) is 2.07. The zero-order valence-corrected chi connectivity index (χ0v) is 9.18. The Labute approximate surface area is 82.0 Å². The molecule has 13 heavy (non-hydrogen) atoms. The summed E-state index contributed by atoms with van der Waals surface area (Å²) in [5.74, 6) is 0.917. The Morgan fingerprint density at radius 1 is 1.46 bits per heavy atom. The SMILES string of the molecule is CCOC(C)CNC1CCC(C)C1. The smallest absolute Gasteiger partial charge is 0.0671 e. The van der Waals surface area contributed by atoms with Crippen molar-refractivity contribution < 1.29 is 4.74 Å². The van der Waals surface area contributed by atoms with Crippen LogP contribution in [0.1, 0.15) is 40.0 Å². The van der Waals surface area contributed by atoms with Gasteiger partial charge in [-0.1, -0.05) is 6.92 Å². The Hall–Kier alpha value is -0.0800. The van der Waals surface area contributed by atoms with E-state index in [-0.39, 0.29) is 0 Å². The van der Waals surface area contributed by atoms with Crippen molar-refractivity contribution in [2.75, 3.05) is 13.2 Å². The summed E-state index contributed by atoms with van der Waals surface area (Å²) in [5.41, 5.74) is 0. The molecular weight excluding hydrogens is 162 g/mol. The molecule has 0 aromatic heterocycles. The van der Waals surface area contributed by atoms with E-state index in [1.165, 1.54) is 19.3 Å². The Morgan fingerprint density at radius 3 is 2.77 bits per heavy atom. The summed E-state index contributed by atoms with van der Waals surface area (Å²) in [5, 5.41) is 3.57. The maximum absolute atomic E-state index is 5.47. The summed E-state index contributed by atoms with van der Waals surface area (Å²) in [6.07, 6.45) is 4.44. The molecule has 0 amide bonds. The molecule has 0 saturated heterocycles. The van der Waals surface area contributed by atoms with Crippen LogP contribution in [0.5, 0.6) is 0 Å². The molecule has 1 aliphatic carbocycles. The van der Waals surface area contributed by atoms with Gasteiger partial charge in [-0.15, -0.1) is 0 Å². The number of rotatable bonds is 5. The van der Waals surface area contributed by atoms with Gasteiger partial charge in [0.05, 0.1) is 6.10 Å². The number of hydrogen-bond acceptors (Lipinski definition) is 2. The molecule has 0 aromatic rings. The molecule has 1 fully saturated rings. The fraction of sp³-hybridized carbons (Fsp3) is 1.00. The van der Waals surface area contributed by atoms with E-state index in [0.29, 0.717) is 6.10 Å². The molecule has 0 heterocycles. The van der Waals surface area contributed by atoms with Crippen LogP contribution in [0.2, 0.25) is 0 Å². The van der Waals surface area contributed by atoms with Gasteiger partial charge in [0.25, 0.3) is 0 Å². The van der Waals surface area contributed by atoms with Gasteiger partial charge in [-0.05, 0) is 39.0 Å². The van der Waals surface area contributed by atoms with E-state index in [4.69, 9.17) is 4.74 Å². The third-order valence-electron chi connectivity index (χ3n) is 2.84. The zero-order valence-electron chi connectivity index (χ0n) is 9.18. The van der Waals surface area contributed by atoms with E-state index in [2.05, 4.69) is 19.2 Å². The van der Waals surface area contributed by atoms with E-state index >= 15 is 0 Å². The van der Waals surface area contributed by atoms with Crippen LogP contribution in [0.4, 0.5) is 0 Å². The van der Waals surface area contributed by atoms with E-state index in [0.717, 1.165) is 25.1 Å². The van der Waals surface area contributed by atoms with Gasteiger partial charge < -0.3 is 10.1 Å². The second kappa shape index (κ2) is 5.61. The number of nitrogens with one attached hydrogen (secondary N) is 1. The summed E-state index contributed by atoms with van der Waals surface area (Å²) in [7, 11) is 0. The molecule has 0 spiro atoms. The van der Waals surface area contributed by atoms with Crippen LogP contribution in [0, 0.1) is 5.92 Å². The Kier molecular flexibility index (Phi) is 4.74. The van der Waals surface area contributed by atoms with Crippen LogP contribution in [0.3, 0.4) is 0 Å². The molecule has 1 aliphatic rings. The minimum atomic E-state index is 0.362. The predicted molar refractivity (Wildman–Crippen MR) is 55.9 cm³/mol. The van der Waals surface area contributed by atoms with E-state index in [9.17, 15) is 0 Å². The lowest BCUT2D eigenvalue weighted by Gasteiger charge is -2.16. The third kappa shape index (κ3) is 4.10. The van der Waals surface area contributed by atoms with E-state index < -0.39 is 0 Å². The minimum absolute atomic E-state index is 0.362. The van der Waals surface area contributed by atoms with Gasteiger partial charge in [0, 0.05) is 19.2 Å². The molecule has 0 radical (unpaired) electrons.